The van der Waals surface area contributed by atoms with E-state index in [1.54, 1.807) is 0 Å². The molecule has 0 heterocycles. The minimum atomic E-state index is -0.570. The van der Waals surface area contributed by atoms with Gasteiger partial charge in [-0.3, -0.25) is 5.32 Å². The zero-order valence-electron chi connectivity index (χ0n) is 25.7. The van der Waals surface area contributed by atoms with Crippen LogP contribution in [0.4, 0.5) is 15.3 Å². The fourth-order valence-corrected chi connectivity index (χ4v) is 3.67. The van der Waals surface area contributed by atoms with Crippen molar-refractivity contribution in [2.45, 2.75) is 78.0 Å². The molecule has 0 bridgehead atoms. The van der Waals surface area contributed by atoms with E-state index in [0.29, 0.717) is 31.9 Å². The summed E-state index contributed by atoms with van der Waals surface area (Å²) in [6, 6.07) is 17.2. The van der Waals surface area contributed by atoms with Crippen LogP contribution in [0.3, 0.4) is 0 Å². The predicted octanol–water partition coefficient (Wildman–Crippen LogP) is 6.66. The molecule has 2 amide bonds. The van der Waals surface area contributed by atoms with Crippen LogP contribution in [0.15, 0.2) is 54.6 Å². The molecule has 0 saturated carbocycles. The van der Waals surface area contributed by atoms with Gasteiger partial charge in [-0.15, -0.1) is 0 Å². The molecule has 8 heteroatoms. The predicted molar refractivity (Wildman–Crippen MR) is 165 cm³/mol. The molecule has 0 aliphatic carbocycles. The van der Waals surface area contributed by atoms with Gasteiger partial charge in [-0.2, -0.15) is 0 Å². The van der Waals surface area contributed by atoms with Crippen molar-refractivity contribution in [1.29, 1.82) is 0 Å². The third-order valence-electron chi connectivity index (χ3n) is 5.36. The summed E-state index contributed by atoms with van der Waals surface area (Å²) in [5.74, 6) is 11.3. The van der Waals surface area contributed by atoms with Gasteiger partial charge in [-0.05, 0) is 95.9 Å². The van der Waals surface area contributed by atoms with E-state index >= 15 is 0 Å². The van der Waals surface area contributed by atoms with Crippen molar-refractivity contribution in [2.75, 3.05) is 31.7 Å². The van der Waals surface area contributed by atoms with Gasteiger partial charge in [0.25, 0.3) is 0 Å². The lowest BCUT2D eigenvalue weighted by Gasteiger charge is -2.24. The van der Waals surface area contributed by atoms with Crippen LogP contribution in [0.25, 0.3) is 0 Å². The van der Waals surface area contributed by atoms with E-state index < -0.39 is 23.4 Å². The first kappa shape index (κ1) is 34.2. The van der Waals surface area contributed by atoms with E-state index in [0.717, 1.165) is 24.0 Å². The van der Waals surface area contributed by atoms with Crippen molar-refractivity contribution in [3.05, 3.63) is 65.7 Å². The summed E-state index contributed by atoms with van der Waals surface area (Å²) in [6.45, 7) is 12.5. The molecule has 42 heavy (non-hydrogen) atoms. The van der Waals surface area contributed by atoms with E-state index in [1.807, 2.05) is 96.1 Å². The Kier molecular flexibility index (Phi) is 14.5. The highest BCUT2D eigenvalue weighted by molar-refractivity contribution is 5.84. The van der Waals surface area contributed by atoms with Crippen molar-refractivity contribution < 1.29 is 28.5 Å². The number of hydrogen-bond acceptors (Lipinski definition) is 6. The van der Waals surface area contributed by atoms with E-state index in [1.165, 1.54) is 0 Å². The Morgan fingerprint density at radius 2 is 1.40 bits per heavy atom. The number of hydrogen-bond donors (Lipinski definition) is 2. The Morgan fingerprint density at radius 3 is 2.05 bits per heavy atom. The first-order valence-corrected chi connectivity index (χ1v) is 14.2. The zero-order valence-corrected chi connectivity index (χ0v) is 25.7. The van der Waals surface area contributed by atoms with Crippen LogP contribution in [0.5, 0.6) is 0 Å². The molecule has 2 aromatic carbocycles. The van der Waals surface area contributed by atoms with Gasteiger partial charge in [0.1, 0.15) is 24.4 Å². The maximum atomic E-state index is 12.3. The molecule has 2 aromatic rings. The highest BCUT2D eigenvalue weighted by Crippen LogP contribution is 2.18. The molecule has 0 aliphatic heterocycles. The standard InChI is InChI=1S/C34H44N2O6/c1-33(2,3)41-31(37)35-29-20-14-16-27(26-29)17-15-24-39-22-12-7-8-13-23-40-25-21-30(28-18-10-9-11-19-28)36-32(38)42-34(4,5)6/h9-11,14,16,18-20,26,30H,15,17,21-25H2,1-6H3,(H,35,37)(H,36,38)/t30-/m1/s1. The van der Waals surface area contributed by atoms with Crippen LogP contribution in [0.2, 0.25) is 0 Å². The monoisotopic (exact) mass is 576 g/mol. The Balaban J connectivity index is 1.62. The summed E-state index contributed by atoms with van der Waals surface area (Å²) in [4.78, 5) is 24.2. The Labute approximate surface area is 250 Å². The van der Waals surface area contributed by atoms with Crippen LogP contribution in [-0.2, 0) is 25.4 Å². The topological polar surface area (TPSA) is 95.1 Å². The van der Waals surface area contributed by atoms with Crippen molar-refractivity contribution in [3.8, 4) is 23.7 Å². The maximum Gasteiger partial charge on any atom is 0.412 e. The second-order valence-electron chi connectivity index (χ2n) is 11.5. The first-order chi connectivity index (χ1) is 19.9. The minimum Gasteiger partial charge on any atom is -0.444 e. The van der Waals surface area contributed by atoms with E-state index in [9.17, 15) is 9.59 Å². The molecule has 2 rings (SSSR count). The Morgan fingerprint density at radius 1 is 0.786 bits per heavy atom. The van der Waals surface area contributed by atoms with Crippen molar-refractivity contribution in [2.24, 2.45) is 0 Å². The number of rotatable bonds is 12. The summed E-state index contributed by atoms with van der Waals surface area (Å²) in [5, 5.41) is 5.68. The zero-order chi connectivity index (χ0) is 30.8. The summed E-state index contributed by atoms with van der Waals surface area (Å²) in [6.07, 6.45) is 1.28. The normalized spacial score (nSPS) is 11.7. The smallest absolute Gasteiger partial charge is 0.412 e. The Bertz CT molecular complexity index is 1240. The molecule has 0 aliphatic rings. The molecule has 0 spiro atoms. The van der Waals surface area contributed by atoms with Gasteiger partial charge in [0.15, 0.2) is 0 Å². The van der Waals surface area contributed by atoms with Crippen molar-refractivity contribution in [1.82, 2.24) is 5.32 Å². The number of aryl methyl sites for hydroxylation is 1. The lowest BCUT2D eigenvalue weighted by molar-refractivity contribution is 0.0489. The third-order valence-corrected chi connectivity index (χ3v) is 5.36. The van der Waals surface area contributed by atoms with E-state index in [2.05, 4.69) is 34.3 Å². The number of anilines is 1. The maximum absolute atomic E-state index is 12.3. The summed E-state index contributed by atoms with van der Waals surface area (Å²) < 4.78 is 21.9. The van der Waals surface area contributed by atoms with Crippen molar-refractivity contribution >= 4 is 17.9 Å². The summed E-state index contributed by atoms with van der Waals surface area (Å²) in [5.41, 5.74) is 1.66. The molecule has 0 fully saturated rings. The lowest BCUT2D eigenvalue weighted by Crippen LogP contribution is -2.35. The van der Waals surface area contributed by atoms with E-state index in [-0.39, 0.29) is 12.6 Å². The Hall–Kier alpha value is -3.98. The molecule has 0 saturated heterocycles. The fourth-order valence-electron chi connectivity index (χ4n) is 3.67. The second-order valence-corrected chi connectivity index (χ2v) is 11.5. The van der Waals surface area contributed by atoms with Crippen LogP contribution in [0, 0.1) is 23.7 Å². The highest BCUT2D eigenvalue weighted by Gasteiger charge is 2.20. The lowest BCUT2D eigenvalue weighted by atomic mass is 10.0. The van der Waals surface area contributed by atoms with Crippen LogP contribution >= 0.6 is 0 Å². The van der Waals surface area contributed by atoms with Crippen LogP contribution < -0.4 is 10.6 Å². The number of alkyl carbamates (subject to hydrolysis) is 1. The molecule has 0 unspecified atom stereocenters. The average molecular weight is 577 g/mol. The average Bonchev–Trinajstić information content (AvgIpc) is 2.89. The molecule has 2 N–H and O–H groups in total. The van der Waals surface area contributed by atoms with Gasteiger partial charge in [-0.1, -0.05) is 54.3 Å². The first-order valence-electron chi connectivity index (χ1n) is 14.2. The van der Waals surface area contributed by atoms with Gasteiger partial charge < -0.3 is 24.3 Å². The number of benzene rings is 2. The molecule has 0 radical (unpaired) electrons. The van der Waals surface area contributed by atoms with Gasteiger partial charge >= 0.3 is 12.2 Å². The van der Waals surface area contributed by atoms with Crippen LogP contribution in [0.1, 0.15) is 71.6 Å². The number of ether oxygens (including phenoxy) is 4. The van der Waals surface area contributed by atoms with Crippen LogP contribution in [-0.4, -0.2) is 49.8 Å². The fraction of sp³-hybridized carbons (Fsp3) is 0.471. The number of carbonyl (C=O) groups excluding carboxylic acids is 2. The van der Waals surface area contributed by atoms with Gasteiger partial charge in [0.2, 0.25) is 0 Å². The minimum absolute atomic E-state index is 0.233. The molecule has 226 valence electrons. The molecular weight excluding hydrogens is 532 g/mol. The highest BCUT2D eigenvalue weighted by atomic mass is 16.6. The number of nitrogens with one attached hydrogen (secondary N) is 2. The SMILES string of the molecule is CC(C)(C)OC(=O)Nc1cccc(CCCOCC#CC#CCOCC[C@@H](NC(=O)OC(C)(C)C)c2ccccc2)c1. The quantitative estimate of drug-likeness (QED) is 0.217. The van der Waals surface area contributed by atoms with Gasteiger partial charge in [0, 0.05) is 12.3 Å². The summed E-state index contributed by atoms with van der Waals surface area (Å²) >= 11 is 0. The van der Waals surface area contributed by atoms with Gasteiger partial charge in [-0.25, -0.2) is 9.59 Å². The molecular formula is C34H44N2O6. The van der Waals surface area contributed by atoms with Gasteiger partial charge in [0.05, 0.1) is 12.6 Å². The molecule has 1 atom stereocenters. The molecule has 8 nitrogen and oxygen atoms in total. The largest absolute Gasteiger partial charge is 0.444 e. The van der Waals surface area contributed by atoms with Crippen molar-refractivity contribution in [3.63, 3.8) is 0 Å². The van der Waals surface area contributed by atoms with E-state index in [4.69, 9.17) is 18.9 Å². The number of amides is 2. The third kappa shape index (κ3) is 16.3. The molecule has 0 aromatic heterocycles. The second kappa shape index (κ2) is 17.7. The summed E-state index contributed by atoms with van der Waals surface area (Å²) in [7, 11) is 0. The number of carbonyl (C=O) groups is 2.